The molecular weight excluding hydrogens is 515 g/mol. The number of rotatable bonds is 9. The molecule has 2 N–H and O–H groups in total. The van der Waals surface area contributed by atoms with Crippen molar-refractivity contribution in [2.24, 2.45) is 4.99 Å². The molecule has 1 unspecified atom stereocenters. The Morgan fingerprint density at radius 1 is 1.16 bits per heavy atom. The quantitative estimate of drug-likeness (QED) is 0.278. The van der Waals surface area contributed by atoms with E-state index < -0.39 is 0 Å². The summed E-state index contributed by atoms with van der Waals surface area (Å²) in [5, 5.41) is 6.67. The molecule has 0 saturated carbocycles. The molecule has 1 saturated heterocycles. The molecule has 0 bridgehead atoms. The molecule has 0 spiro atoms. The van der Waals surface area contributed by atoms with Crippen molar-refractivity contribution in [3.8, 4) is 5.75 Å². The van der Waals surface area contributed by atoms with Gasteiger partial charge in [-0.2, -0.15) is 0 Å². The molecule has 1 atom stereocenters. The second-order valence-corrected chi connectivity index (χ2v) is 8.01. The van der Waals surface area contributed by atoms with Crippen molar-refractivity contribution in [2.45, 2.75) is 52.8 Å². The van der Waals surface area contributed by atoms with E-state index in [1.54, 1.807) is 0 Å². The lowest BCUT2D eigenvalue weighted by Crippen LogP contribution is -2.41. The fraction of sp³-hybridized carbons (Fsp3) is 0.440. The first-order chi connectivity index (χ1) is 15.0. The van der Waals surface area contributed by atoms with Crippen LogP contribution in [0.25, 0.3) is 0 Å². The van der Waals surface area contributed by atoms with Crippen LogP contribution in [0.5, 0.6) is 5.75 Å². The molecule has 6 nitrogen and oxygen atoms in total. The van der Waals surface area contributed by atoms with Crippen molar-refractivity contribution in [1.29, 1.82) is 0 Å². The lowest BCUT2D eigenvalue weighted by Gasteiger charge is -2.19. The van der Waals surface area contributed by atoms with Crippen LogP contribution in [0, 0.1) is 6.92 Å². The first kappa shape index (κ1) is 26.0. The molecule has 1 aliphatic rings. The zero-order valence-corrected chi connectivity index (χ0v) is 21.6. The number of likely N-dealkylation sites (tertiary alicyclic amines) is 1. The summed E-state index contributed by atoms with van der Waals surface area (Å²) in [4.78, 5) is 18.7. The Morgan fingerprint density at radius 3 is 2.62 bits per heavy atom. The number of guanidine groups is 1. The summed E-state index contributed by atoms with van der Waals surface area (Å²) in [5.41, 5.74) is 3.49. The van der Waals surface area contributed by atoms with Crippen LogP contribution in [0.2, 0.25) is 0 Å². The van der Waals surface area contributed by atoms with Gasteiger partial charge in [0, 0.05) is 26.1 Å². The zero-order chi connectivity index (χ0) is 22.1. The van der Waals surface area contributed by atoms with Crippen molar-refractivity contribution >= 4 is 35.8 Å². The van der Waals surface area contributed by atoms with Gasteiger partial charge in [-0.25, -0.2) is 4.99 Å². The smallest absolute Gasteiger partial charge is 0.222 e. The molecule has 0 aromatic heterocycles. The topological polar surface area (TPSA) is 66.0 Å². The largest absolute Gasteiger partial charge is 0.489 e. The molecular formula is C25H35IN4O2. The summed E-state index contributed by atoms with van der Waals surface area (Å²) in [6.45, 7) is 9.64. The molecule has 0 aliphatic carbocycles. The third kappa shape index (κ3) is 8.00. The number of hydrogen-bond donors (Lipinski definition) is 2. The van der Waals surface area contributed by atoms with Gasteiger partial charge in [0.2, 0.25) is 5.91 Å². The Kier molecular flexibility index (Phi) is 10.8. The summed E-state index contributed by atoms with van der Waals surface area (Å²) in [7, 11) is 0. The summed E-state index contributed by atoms with van der Waals surface area (Å²) >= 11 is 0. The summed E-state index contributed by atoms with van der Waals surface area (Å²) in [6.07, 6.45) is 1.62. The van der Waals surface area contributed by atoms with Gasteiger partial charge in [-0.15, -0.1) is 24.0 Å². The van der Waals surface area contributed by atoms with Crippen molar-refractivity contribution in [2.75, 3.05) is 19.6 Å². The second-order valence-electron chi connectivity index (χ2n) is 8.01. The Balaban J connectivity index is 0.00000363. The lowest BCUT2D eigenvalue weighted by atomic mass is 10.1. The Labute approximate surface area is 208 Å². The van der Waals surface area contributed by atoms with Gasteiger partial charge in [-0.05, 0) is 56.0 Å². The second kappa shape index (κ2) is 13.3. The molecule has 174 valence electrons. The van der Waals surface area contributed by atoms with Crippen molar-refractivity contribution in [3.05, 3.63) is 65.2 Å². The van der Waals surface area contributed by atoms with Crippen LogP contribution in [0.15, 0.2) is 53.5 Å². The van der Waals surface area contributed by atoms with Crippen molar-refractivity contribution < 1.29 is 9.53 Å². The molecule has 3 rings (SSSR count). The van der Waals surface area contributed by atoms with Crippen LogP contribution in [-0.2, 0) is 17.9 Å². The molecule has 2 aromatic carbocycles. The van der Waals surface area contributed by atoms with Gasteiger partial charge in [0.15, 0.2) is 5.96 Å². The monoisotopic (exact) mass is 550 g/mol. The summed E-state index contributed by atoms with van der Waals surface area (Å²) < 4.78 is 6.01. The van der Waals surface area contributed by atoms with E-state index in [-0.39, 0.29) is 36.0 Å². The van der Waals surface area contributed by atoms with Gasteiger partial charge in [0.05, 0.1) is 13.1 Å². The van der Waals surface area contributed by atoms with E-state index in [4.69, 9.17) is 9.73 Å². The highest BCUT2D eigenvalue weighted by Gasteiger charge is 2.20. The SMILES string of the molecule is CCNC(=NCc1ccccc1CN1CCCC1=O)NCC(C)Oc1cccc(C)c1.I. The number of carbonyl (C=O) groups is 1. The number of hydrogen-bond acceptors (Lipinski definition) is 3. The van der Waals surface area contributed by atoms with Crippen LogP contribution in [-0.4, -0.2) is 42.5 Å². The van der Waals surface area contributed by atoms with Crippen molar-refractivity contribution in [3.63, 3.8) is 0 Å². The van der Waals surface area contributed by atoms with Crippen LogP contribution >= 0.6 is 24.0 Å². The fourth-order valence-corrected chi connectivity index (χ4v) is 3.65. The number of aryl methyl sites for hydroxylation is 1. The number of aliphatic imine (C=N–C) groups is 1. The van der Waals surface area contributed by atoms with Gasteiger partial charge < -0.3 is 20.3 Å². The molecule has 7 heteroatoms. The predicted octanol–water partition coefficient (Wildman–Crippen LogP) is 4.26. The fourth-order valence-electron chi connectivity index (χ4n) is 3.65. The molecule has 32 heavy (non-hydrogen) atoms. The van der Waals surface area contributed by atoms with E-state index in [0.717, 1.165) is 42.3 Å². The average Bonchev–Trinajstić information content (AvgIpc) is 3.15. The number of ether oxygens (including phenoxy) is 1. The third-order valence-electron chi connectivity index (χ3n) is 5.29. The molecule has 0 radical (unpaired) electrons. The van der Waals surface area contributed by atoms with E-state index in [0.29, 0.717) is 26.1 Å². The standard InChI is InChI=1S/C25H34N4O2.HI/c1-4-26-25(27-16-20(3)31-23-12-7-9-19(2)15-23)28-17-21-10-5-6-11-22(21)18-29-14-8-13-24(29)30;/h5-7,9-12,15,20H,4,8,13-14,16-18H2,1-3H3,(H2,26,27,28);1H. The number of halogens is 1. The summed E-state index contributed by atoms with van der Waals surface area (Å²) in [5.74, 6) is 1.88. The van der Waals surface area contributed by atoms with Crippen LogP contribution in [0.3, 0.4) is 0 Å². The predicted molar refractivity (Wildman–Crippen MR) is 141 cm³/mol. The van der Waals surface area contributed by atoms with Gasteiger partial charge in [0.25, 0.3) is 0 Å². The van der Waals surface area contributed by atoms with E-state index in [9.17, 15) is 4.79 Å². The highest BCUT2D eigenvalue weighted by Crippen LogP contribution is 2.18. The van der Waals surface area contributed by atoms with Gasteiger partial charge >= 0.3 is 0 Å². The number of amides is 1. The number of nitrogens with one attached hydrogen (secondary N) is 2. The van der Waals surface area contributed by atoms with Crippen molar-refractivity contribution in [1.82, 2.24) is 15.5 Å². The maximum atomic E-state index is 12.0. The minimum absolute atomic E-state index is 0. The van der Waals surface area contributed by atoms with Crippen LogP contribution in [0.4, 0.5) is 0 Å². The lowest BCUT2D eigenvalue weighted by molar-refractivity contribution is -0.128. The molecule has 1 amide bonds. The Bertz CT molecular complexity index is 903. The third-order valence-corrected chi connectivity index (χ3v) is 5.29. The Hall–Kier alpha value is -2.29. The minimum Gasteiger partial charge on any atom is -0.489 e. The number of nitrogens with zero attached hydrogens (tertiary/aromatic N) is 2. The Morgan fingerprint density at radius 2 is 1.94 bits per heavy atom. The van der Waals surface area contributed by atoms with Crippen LogP contribution < -0.4 is 15.4 Å². The molecule has 2 aromatic rings. The number of carbonyl (C=O) groups excluding carboxylic acids is 1. The highest BCUT2D eigenvalue weighted by atomic mass is 127. The van der Waals surface area contributed by atoms with E-state index >= 15 is 0 Å². The maximum absolute atomic E-state index is 12.0. The van der Waals surface area contributed by atoms with Gasteiger partial charge in [0.1, 0.15) is 11.9 Å². The first-order valence-corrected chi connectivity index (χ1v) is 11.1. The minimum atomic E-state index is -0.000814. The molecule has 1 aliphatic heterocycles. The average molecular weight is 550 g/mol. The van der Waals surface area contributed by atoms with E-state index in [2.05, 4.69) is 42.7 Å². The highest BCUT2D eigenvalue weighted by molar-refractivity contribution is 14.0. The maximum Gasteiger partial charge on any atom is 0.222 e. The normalized spacial score (nSPS) is 14.7. The van der Waals surface area contributed by atoms with Gasteiger partial charge in [-0.1, -0.05) is 36.4 Å². The first-order valence-electron chi connectivity index (χ1n) is 11.1. The van der Waals surface area contributed by atoms with E-state index in [1.807, 2.05) is 42.2 Å². The van der Waals surface area contributed by atoms with Crippen LogP contribution in [0.1, 0.15) is 43.4 Å². The molecule has 1 heterocycles. The number of benzene rings is 2. The summed E-state index contributed by atoms with van der Waals surface area (Å²) in [6, 6.07) is 16.3. The molecule has 1 fully saturated rings. The van der Waals surface area contributed by atoms with E-state index in [1.165, 1.54) is 5.56 Å². The van der Waals surface area contributed by atoms with Gasteiger partial charge in [-0.3, -0.25) is 4.79 Å². The zero-order valence-electron chi connectivity index (χ0n) is 19.3.